The second-order valence-corrected chi connectivity index (χ2v) is 9.89. The minimum Gasteiger partial charge on any atom is -0.508 e. The molecule has 0 fully saturated rings. The Morgan fingerprint density at radius 2 is 1.48 bits per heavy atom. The highest BCUT2D eigenvalue weighted by molar-refractivity contribution is 5.50. The fourth-order valence-corrected chi connectivity index (χ4v) is 3.60. The smallest absolute Gasteiger partial charge is 0.123 e. The van der Waals surface area contributed by atoms with Gasteiger partial charge in [-0.05, 0) is 59.3 Å². The molecule has 0 aliphatic carbocycles. The molecule has 2 N–H and O–H groups in total. The fourth-order valence-electron chi connectivity index (χ4n) is 3.60. The van der Waals surface area contributed by atoms with Gasteiger partial charge in [-0.1, -0.05) is 78.3 Å². The van der Waals surface area contributed by atoms with E-state index in [-0.39, 0.29) is 10.8 Å². The first-order valence-corrected chi connectivity index (χ1v) is 9.99. The van der Waals surface area contributed by atoms with E-state index in [2.05, 4.69) is 73.6 Å². The van der Waals surface area contributed by atoms with Gasteiger partial charge in [0.05, 0.1) is 0 Å². The highest BCUT2D eigenvalue weighted by atomic mass is 16.3. The van der Waals surface area contributed by atoms with Gasteiger partial charge in [0.15, 0.2) is 0 Å². The summed E-state index contributed by atoms with van der Waals surface area (Å²) >= 11 is 0. The zero-order valence-electron chi connectivity index (χ0n) is 18.3. The van der Waals surface area contributed by atoms with E-state index >= 15 is 0 Å². The van der Waals surface area contributed by atoms with E-state index in [9.17, 15) is 10.2 Å². The summed E-state index contributed by atoms with van der Waals surface area (Å²) in [6.45, 7) is 17.1. The van der Waals surface area contributed by atoms with Crippen LogP contribution in [-0.2, 0) is 17.3 Å². The molecule has 0 saturated carbocycles. The first-order chi connectivity index (χ1) is 12.3. The highest BCUT2D eigenvalue weighted by Gasteiger charge is 2.29. The average Bonchev–Trinajstić information content (AvgIpc) is 2.54. The molecule has 0 unspecified atom stereocenters. The summed E-state index contributed by atoms with van der Waals surface area (Å²) in [5.74, 6) is 1.19. The number of aromatic hydroxyl groups is 2. The molecule has 27 heavy (non-hydrogen) atoms. The average molecular weight is 369 g/mol. The minimum absolute atomic E-state index is 0.105. The SMILES string of the molecule is Cc1cc(C(C)(C)C)c(O)c(C(C)(C)CCc2ccc(C(C)C)cc2O)c1. The van der Waals surface area contributed by atoms with Crippen molar-refractivity contribution in [3.63, 3.8) is 0 Å². The van der Waals surface area contributed by atoms with E-state index < -0.39 is 0 Å². The summed E-state index contributed by atoms with van der Waals surface area (Å²) in [4.78, 5) is 0. The molecule has 0 heterocycles. The minimum atomic E-state index is -0.195. The summed E-state index contributed by atoms with van der Waals surface area (Å²) in [7, 11) is 0. The lowest BCUT2D eigenvalue weighted by Crippen LogP contribution is -2.21. The van der Waals surface area contributed by atoms with Crippen LogP contribution in [0.2, 0.25) is 0 Å². The second-order valence-electron chi connectivity index (χ2n) is 9.89. The van der Waals surface area contributed by atoms with Crippen molar-refractivity contribution in [1.29, 1.82) is 0 Å². The van der Waals surface area contributed by atoms with Gasteiger partial charge in [0, 0.05) is 5.56 Å². The van der Waals surface area contributed by atoms with E-state index in [0.29, 0.717) is 17.4 Å². The van der Waals surface area contributed by atoms with Crippen molar-refractivity contribution in [3.8, 4) is 11.5 Å². The quantitative estimate of drug-likeness (QED) is 0.613. The van der Waals surface area contributed by atoms with E-state index in [1.165, 1.54) is 5.56 Å². The van der Waals surface area contributed by atoms with Gasteiger partial charge < -0.3 is 10.2 Å². The highest BCUT2D eigenvalue weighted by Crippen LogP contribution is 2.42. The molecule has 0 radical (unpaired) electrons. The third kappa shape index (κ3) is 4.86. The molecule has 2 aromatic rings. The lowest BCUT2D eigenvalue weighted by Gasteiger charge is -2.30. The molecule has 0 saturated heterocycles. The van der Waals surface area contributed by atoms with Crippen molar-refractivity contribution in [1.82, 2.24) is 0 Å². The van der Waals surface area contributed by atoms with Crippen LogP contribution in [0.1, 0.15) is 88.6 Å². The monoisotopic (exact) mass is 368 g/mol. The molecule has 0 aliphatic rings. The Labute approximate surface area is 165 Å². The maximum atomic E-state index is 11.0. The van der Waals surface area contributed by atoms with Crippen LogP contribution in [0.3, 0.4) is 0 Å². The third-order valence-electron chi connectivity index (χ3n) is 5.59. The Bertz CT molecular complexity index is 808. The summed E-state index contributed by atoms with van der Waals surface area (Å²) in [5.41, 5.74) is 4.98. The molecule has 2 rings (SSSR count). The van der Waals surface area contributed by atoms with Crippen LogP contribution in [0.5, 0.6) is 11.5 Å². The fraction of sp³-hybridized carbons (Fsp3) is 0.520. The van der Waals surface area contributed by atoms with Crippen LogP contribution in [0.15, 0.2) is 30.3 Å². The van der Waals surface area contributed by atoms with Gasteiger partial charge in [-0.15, -0.1) is 0 Å². The van der Waals surface area contributed by atoms with Crippen LogP contribution in [-0.4, -0.2) is 10.2 Å². The van der Waals surface area contributed by atoms with Gasteiger partial charge in [-0.25, -0.2) is 0 Å². The number of phenolic OH excluding ortho intramolecular Hbond substituents is 2. The summed E-state index contributed by atoms with van der Waals surface area (Å²) < 4.78 is 0. The van der Waals surface area contributed by atoms with Crippen LogP contribution in [0, 0.1) is 6.92 Å². The second kappa shape index (κ2) is 7.58. The molecule has 0 spiro atoms. The van der Waals surface area contributed by atoms with Crippen molar-refractivity contribution in [2.45, 2.75) is 85.0 Å². The molecule has 148 valence electrons. The lowest BCUT2D eigenvalue weighted by molar-refractivity contribution is 0.401. The number of phenols is 2. The van der Waals surface area contributed by atoms with E-state index in [1.807, 2.05) is 12.1 Å². The van der Waals surface area contributed by atoms with E-state index in [0.717, 1.165) is 35.1 Å². The van der Waals surface area contributed by atoms with Crippen LogP contribution < -0.4 is 0 Å². The number of hydrogen-bond acceptors (Lipinski definition) is 2. The van der Waals surface area contributed by atoms with Crippen molar-refractivity contribution in [2.75, 3.05) is 0 Å². The predicted molar refractivity (Wildman–Crippen MR) is 115 cm³/mol. The van der Waals surface area contributed by atoms with Gasteiger partial charge in [0.2, 0.25) is 0 Å². The van der Waals surface area contributed by atoms with Gasteiger partial charge in [0.1, 0.15) is 11.5 Å². The lowest BCUT2D eigenvalue weighted by atomic mass is 9.75. The summed E-state index contributed by atoms with van der Waals surface area (Å²) in [5, 5.41) is 21.4. The molecular formula is C25H36O2. The van der Waals surface area contributed by atoms with Gasteiger partial charge in [-0.3, -0.25) is 0 Å². The van der Waals surface area contributed by atoms with Gasteiger partial charge in [0.25, 0.3) is 0 Å². The zero-order valence-corrected chi connectivity index (χ0v) is 18.3. The normalized spacial score (nSPS) is 12.6. The molecule has 2 heteroatoms. The Balaban J connectivity index is 2.31. The van der Waals surface area contributed by atoms with Crippen LogP contribution in [0.25, 0.3) is 0 Å². The Kier molecular flexibility index (Phi) is 5.99. The number of aryl methyl sites for hydroxylation is 2. The molecule has 2 aromatic carbocycles. The summed E-state index contributed by atoms with van der Waals surface area (Å²) in [6, 6.07) is 10.2. The molecule has 0 aliphatic heterocycles. The third-order valence-corrected chi connectivity index (χ3v) is 5.59. The zero-order chi connectivity index (χ0) is 20.6. The summed E-state index contributed by atoms with van der Waals surface area (Å²) in [6.07, 6.45) is 1.62. The molecular weight excluding hydrogens is 332 g/mol. The largest absolute Gasteiger partial charge is 0.508 e. The van der Waals surface area contributed by atoms with E-state index in [1.54, 1.807) is 0 Å². The molecule has 0 atom stereocenters. The van der Waals surface area contributed by atoms with Gasteiger partial charge >= 0.3 is 0 Å². The van der Waals surface area contributed by atoms with E-state index in [4.69, 9.17) is 0 Å². The Hall–Kier alpha value is -1.96. The molecule has 2 nitrogen and oxygen atoms in total. The topological polar surface area (TPSA) is 40.5 Å². The number of rotatable bonds is 5. The van der Waals surface area contributed by atoms with Crippen molar-refractivity contribution in [2.24, 2.45) is 0 Å². The molecule has 0 bridgehead atoms. The maximum absolute atomic E-state index is 11.0. The Morgan fingerprint density at radius 3 is 2.00 bits per heavy atom. The van der Waals surface area contributed by atoms with Crippen LogP contribution >= 0.6 is 0 Å². The maximum Gasteiger partial charge on any atom is 0.123 e. The van der Waals surface area contributed by atoms with Gasteiger partial charge in [-0.2, -0.15) is 0 Å². The van der Waals surface area contributed by atoms with Crippen molar-refractivity contribution in [3.05, 3.63) is 58.1 Å². The number of hydrogen-bond donors (Lipinski definition) is 2. The Morgan fingerprint density at radius 1 is 0.889 bits per heavy atom. The standard InChI is InChI=1S/C25H36O2/c1-16(2)19-10-9-18(22(26)15-19)11-12-25(7,8)21-14-17(3)13-20(23(21)27)24(4,5)6/h9-10,13-16,26-27H,11-12H2,1-8H3. The van der Waals surface area contributed by atoms with Crippen molar-refractivity contribution < 1.29 is 10.2 Å². The van der Waals surface area contributed by atoms with Crippen molar-refractivity contribution >= 4 is 0 Å². The predicted octanol–water partition coefficient (Wildman–Crippen LogP) is 6.74. The molecule has 0 amide bonds. The molecule has 0 aromatic heterocycles. The first kappa shape index (κ1) is 21.3. The first-order valence-electron chi connectivity index (χ1n) is 9.99. The number of benzene rings is 2. The van der Waals surface area contributed by atoms with Crippen LogP contribution in [0.4, 0.5) is 0 Å².